The van der Waals surface area contributed by atoms with Gasteiger partial charge in [-0.3, -0.25) is 14.6 Å². The Morgan fingerprint density at radius 3 is 2.69 bits per heavy atom. The first-order valence-electron chi connectivity index (χ1n) is 9.41. The Kier molecular flexibility index (Phi) is 5.24. The summed E-state index contributed by atoms with van der Waals surface area (Å²) >= 11 is 0. The standard InChI is InChI=1S/C23H21N3O3/c1-29-20-8-4-7-19(14-20)25-22(27)17-9-11-24-21(13-17)23(28)26-12-10-16-5-2-3-6-18(16)15-26/h2-9,11,13-14H,10,12,15H2,1H3,(H,25,27). The number of methoxy groups -OCH3 is 1. The summed E-state index contributed by atoms with van der Waals surface area (Å²) in [5, 5.41) is 2.82. The maximum Gasteiger partial charge on any atom is 0.272 e. The molecular weight excluding hydrogens is 366 g/mol. The summed E-state index contributed by atoms with van der Waals surface area (Å²) in [6.45, 7) is 1.19. The number of nitrogens with zero attached hydrogens (tertiary/aromatic N) is 2. The van der Waals surface area contributed by atoms with Crippen LogP contribution in [-0.4, -0.2) is 35.4 Å². The van der Waals surface area contributed by atoms with Crippen LogP contribution in [0.3, 0.4) is 0 Å². The van der Waals surface area contributed by atoms with Crippen molar-refractivity contribution in [3.05, 3.63) is 89.2 Å². The quantitative estimate of drug-likeness (QED) is 0.743. The summed E-state index contributed by atoms with van der Waals surface area (Å²) in [4.78, 5) is 31.5. The van der Waals surface area contributed by atoms with Gasteiger partial charge in [-0.1, -0.05) is 30.3 Å². The second-order valence-electron chi connectivity index (χ2n) is 6.86. The first-order valence-corrected chi connectivity index (χ1v) is 9.41. The van der Waals surface area contributed by atoms with Gasteiger partial charge in [0.25, 0.3) is 11.8 Å². The molecule has 6 nitrogen and oxygen atoms in total. The molecule has 0 unspecified atom stereocenters. The molecule has 1 N–H and O–H groups in total. The lowest BCUT2D eigenvalue weighted by Gasteiger charge is -2.28. The van der Waals surface area contributed by atoms with Crippen molar-refractivity contribution in [3.63, 3.8) is 0 Å². The van der Waals surface area contributed by atoms with Crippen LogP contribution in [0.5, 0.6) is 5.75 Å². The molecule has 0 atom stereocenters. The predicted octanol–water partition coefficient (Wildman–Crippen LogP) is 3.54. The zero-order valence-electron chi connectivity index (χ0n) is 16.1. The molecule has 0 saturated heterocycles. The van der Waals surface area contributed by atoms with E-state index in [4.69, 9.17) is 4.74 Å². The van der Waals surface area contributed by atoms with Crippen molar-refractivity contribution in [2.75, 3.05) is 19.0 Å². The Hall–Kier alpha value is -3.67. The van der Waals surface area contributed by atoms with Crippen molar-refractivity contribution in [2.45, 2.75) is 13.0 Å². The minimum absolute atomic E-state index is 0.171. The fourth-order valence-corrected chi connectivity index (χ4v) is 3.42. The van der Waals surface area contributed by atoms with Gasteiger partial charge in [-0.25, -0.2) is 0 Å². The SMILES string of the molecule is COc1cccc(NC(=O)c2ccnc(C(=O)N3CCc4ccccc4C3)c2)c1. The van der Waals surface area contributed by atoms with Crippen LogP contribution in [0.1, 0.15) is 32.0 Å². The van der Waals surface area contributed by atoms with Gasteiger partial charge in [0.1, 0.15) is 11.4 Å². The van der Waals surface area contributed by atoms with Crippen molar-refractivity contribution in [3.8, 4) is 5.75 Å². The molecule has 0 radical (unpaired) electrons. The number of ether oxygens (including phenoxy) is 1. The molecule has 0 spiro atoms. The van der Waals surface area contributed by atoms with Crippen LogP contribution in [0.25, 0.3) is 0 Å². The van der Waals surface area contributed by atoms with Gasteiger partial charge in [0.05, 0.1) is 7.11 Å². The normalized spacial score (nSPS) is 12.8. The lowest BCUT2D eigenvalue weighted by atomic mass is 9.99. The van der Waals surface area contributed by atoms with E-state index in [0.717, 1.165) is 12.0 Å². The topological polar surface area (TPSA) is 71.5 Å². The molecule has 1 aromatic heterocycles. The van der Waals surface area contributed by atoms with E-state index in [1.54, 1.807) is 48.4 Å². The van der Waals surface area contributed by atoms with Crippen molar-refractivity contribution in [2.24, 2.45) is 0 Å². The van der Waals surface area contributed by atoms with Gasteiger partial charge in [-0.05, 0) is 41.8 Å². The molecule has 2 aromatic carbocycles. The number of hydrogen-bond donors (Lipinski definition) is 1. The number of fused-ring (bicyclic) bond motifs is 1. The summed E-state index contributed by atoms with van der Waals surface area (Å²) in [7, 11) is 1.57. The Balaban J connectivity index is 1.49. The van der Waals surface area contributed by atoms with E-state index >= 15 is 0 Å². The van der Waals surface area contributed by atoms with Crippen LogP contribution in [0.2, 0.25) is 0 Å². The molecule has 0 saturated carbocycles. The zero-order valence-corrected chi connectivity index (χ0v) is 16.1. The summed E-state index contributed by atoms with van der Waals surface area (Å²) in [6, 6.07) is 18.4. The van der Waals surface area contributed by atoms with Gasteiger partial charge in [0.15, 0.2) is 0 Å². The molecular formula is C23H21N3O3. The largest absolute Gasteiger partial charge is 0.497 e. The van der Waals surface area contributed by atoms with Crippen molar-refractivity contribution in [1.29, 1.82) is 0 Å². The van der Waals surface area contributed by atoms with Gasteiger partial charge in [0.2, 0.25) is 0 Å². The molecule has 1 aliphatic rings. The number of anilines is 1. The van der Waals surface area contributed by atoms with Crippen molar-refractivity contribution < 1.29 is 14.3 Å². The number of carbonyl (C=O) groups excluding carboxylic acids is 2. The predicted molar refractivity (Wildman–Crippen MR) is 110 cm³/mol. The minimum atomic E-state index is -0.307. The van der Waals surface area contributed by atoms with Crippen LogP contribution in [0.15, 0.2) is 66.9 Å². The van der Waals surface area contributed by atoms with Gasteiger partial charge in [-0.15, -0.1) is 0 Å². The number of pyridine rings is 1. The molecule has 146 valence electrons. The molecule has 6 heteroatoms. The van der Waals surface area contributed by atoms with E-state index in [1.807, 2.05) is 18.2 Å². The van der Waals surface area contributed by atoms with Crippen molar-refractivity contribution >= 4 is 17.5 Å². The van der Waals surface area contributed by atoms with Crippen LogP contribution in [0, 0.1) is 0 Å². The average molecular weight is 387 g/mol. The van der Waals surface area contributed by atoms with E-state index < -0.39 is 0 Å². The summed E-state index contributed by atoms with van der Waals surface area (Å²) in [6.07, 6.45) is 2.31. The Labute approximate surface area is 169 Å². The fraction of sp³-hybridized carbons (Fsp3) is 0.174. The first-order chi connectivity index (χ1) is 14.1. The lowest BCUT2D eigenvalue weighted by Crippen LogP contribution is -2.36. The Bertz CT molecular complexity index is 1060. The van der Waals surface area contributed by atoms with E-state index in [1.165, 1.54) is 11.8 Å². The highest BCUT2D eigenvalue weighted by Gasteiger charge is 2.23. The fourth-order valence-electron chi connectivity index (χ4n) is 3.42. The molecule has 4 rings (SSSR count). The third-order valence-corrected chi connectivity index (χ3v) is 4.99. The number of rotatable bonds is 4. The number of hydrogen-bond acceptors (Lipinski definition) is 4. The number of amides is 2. The summed E-state index contributed by atoms with van der Waals surface area (Å²) < 4.78 is 5.17. The second-order valence-corrected chi connectivity index (χ2v) is 6.86. The van der Waals surface area contributed by atoms with Crippen LogP contribution < -0.4 is 10.1 Å². The molecule has 0 aliphatic carbocycles. The first kappa shape index (κ1) is 18.7. The number of nitrogens with one attached hydrogen (secondary N) is 1. The van der Waals surface area contributed by atoms with E-state index in [2.05, 4.69) is 16.4 Å². The van der Waals surface area contributed by atoms with Crippen LogP contribution in [-0.2, 0) is 13.0 Å². The molecule has 0 fully saturated rings. The average Bonchev–Trinajstić information content (AvgIpc) is 2.78. The maximum absolute atomic E-state index is 12.9. The number of benzene rings is 2. The number of carbonyl (C=O) groups is 2. The van der Waals surface area contributed by atoms with Crippen LogP contribution in [0.4, 0.5) is 5.69 Å². The van der Waals surface area contributed by atoms with E-state index in [-0.39, 0.29) is 17.5 Å². The maximum atomic E-state index is 12.9. The highest BCUT2D eigenvalue weighted by molar-refractivity contribution is 6.05. The Morgan fingerprint density at radius 2 is 1.86 bits per heavy atom. The smallest absolute Gasteiger partial charge is 0.272 e. The molecule has 2 heterocycles. The highest BCUT2D eigenvalue weighted by Crippen LogP contribution is 2.21. The molecule has 1 aliphatic heterocycles. The van der Waals surface area contributed by atoms with Gasteiger partial charge >= 0.3 is 0 Å². The second kappa shape index (κ2) is 8.14. The van der Waals surface area contributed by atoms with Gasteiger partial charge in [-0.2, -0.15) is 0 Å². The summed E-state index contributed by atoms with van der Waals surface area (Å²) in [5.74, 6) is 0.174. The molecule has 3 aromatic rings. The number of aromatic nitrogens is 1. The lowest BCUT2D eigenvalue weighted by molar-refractivity contribution is 0.0728. The molecule has 29 heavy (non-hydrogen) atoms. The van der Waals surface area contributed by atoms with E-state index in [9.17, 15) is 9.59 Å². The van der Waals surface area contributed by atoms with E-state index in [0.29, 0.717) is 30.1 Å². The Morgan fingerprint density at radius 1 is 1.03 bits per heavy atom. The minimum Gasteiger partial charge on any atom is -0.497 e. The summed E-state index contributed by atoms with van der Waals surface area (Å²) in [5.41, 5.74) is 3.69. The zero-order chi connectivity index (χ0) is 20.2. The molecule has 0 bridgehead atoms. The highest BCUT2D eigenvalue weighted by atomic mass is 16.5. The molecule has 2 amide bonds. The monoisotopic (exact) mass is 387 g/mol. The van der Waals surface area contributed by atoms with Crippen LogP contribution >= 0.6 is 0 Å². The van der Waals surface area contributed by atoms with Gasteiger partial charge < -0.3 is 15.0 Å². The van der Waals surface area contributed by atoms with Crippen molar-refractivity contribution in [1.82, 2.24) is 9.88 Å². The third-order valence-electron chi connectivity index (χ3n) is 4.99. The third kappa shape index (κ3) is 4.11. The van der Waals surface area contributed by atoms with Gasteiger partial charge in [0, 0.05) is 36.6 Å².